The van der Waals surface area contributed by atoms with E-state index in [-0.39, 0.29) is 18.8 Å². The number of hydrogen-bond donors (Lipinski definition) is 0. The second kappa shape index (κ2) is 9.50. The Kier molecular flexibility index (Phi) is 8.03. The van der Waals surface area contributed by atoms with Crippen LogP contribution in [0.25, 0.3) is 0 Å². The van der Waals surface area contributed by atoms with E-state index < -0.39 is 11.9 Å². The van der Waals surface area contributed by atoms with Crippen LogP contribution in [-0.2, 0) is 31.9 Å². The van der Waals surface area contributed by atoms with Gasteiger partial charge in [-0.15, -0.1) is 0 Å². The first-order chi connectivity index (χ1) is 10.9. The zero-order chi connectivity index (χ0) is 17.4. The lowest BCUT2D eigenvalue weighted by molar-refractivity contribution is -0.146. The van der Waals surface area contributed by atoms with Gasteiger partial charge < -0.3 is 9.47 Å². The molecule has 1 aromatic rings. The van der Waals surface area contributed by atoms with Crippen LogP contribution >= 0.6 is 15.9 Å². The molecular weight excluding hydrogens is 360 g/mol. The quantitative estimate of drug-likeness (QED) is 0.309. The number of rotatable bonds is 7. The molecule has 0 aliphatic heterocycles. The van der Waals surface area contributed by atoms with Gasteiger partial charge in [0.1, 0.15) is 5.57 Å². The minimum Gasteiger partial charge on any atom is -0.462 e. The average Bonchev–Trinajstić information content (AvgIpc) is 2.48. The SMILES string of the molecule is CCOC(=O)C(C(=O)OCC)=C(C)Cc1ccc(CC)c(Br)c1. The Morgan fingerprint density at radius 1 is 1.04 bits per heavy atom. The first-order valence-electron chi connectivity index (χ1n) is 7.75. The van der Waals surface area contributed by atoms with Crippen LogP contribution in [0.3, 0.4) is 0 Å². The van der Waals surface area contributed by atoms with E-state index in [4.69, 9.17) is 9.47 Å². The van der Waals surface area contributed by atoms with Crippen LogP contribution in [-0.4, -0.2) is 25.2 Å². The summed E-state index contributed by atoms with van der Waals surface area (Å²) in [6.45, 7) is 7.68. The molecule has 1 rings (SSSR count). The van der Waals surface area contributed by atoms with Crippen molar-refractivity contribution < 1.29 is 19.1 Å². The molecule has 0 saturated heterocycles. The monoisotopic (exact) mass is 382 g/mol. The van der Waals surface area contributed by atoms with Crippen LogP contribution < -0.4 is 0 Å². The van der Waals surface area contributed by atoms with E-state index in [9.17, 15) is 9.59 Å². The van der Waals surface area contributed by atoms with Gasteiger partial charge in [0.2, 0.25) is 0 Å². The van der Waals surface area contributed by atoms with Crippen LogP contribution in [0.5, 0.6) is 0 Å². The van der Waals surface area contributed by atoms with Gasteiger partial charge in [0.05, 0.1) is 13.2 Å². The summed E-state index contributed by atoms with van der Waals surface area (Å²) >= 11 is 3.54. The van der Waals surface area contributed by atoms with Crippen LogP contribution in [0.2, 0.25) is 0 Å². The van der Waals surface area contributed by atoms with E-state index in [1.165, 1.54) is 5.56 Å². The Balaban J connectivity index is 3.12. The van der Waals surface area contributed by atoms with Gasteiger partial charge in [-0.3, -0.25) is 0 Å². The highest BCUT2D eigenvalue weighted by molar-refractivity contribution is 9.10. The number of esters is 2. The van der Waals surface area contributed by atoms with Gasteiger partial charge in [-0.2, -0.15) is 0 Å². The van der Waals surface area contributed by atoms with Crippen molar-refractivity contribution in [2.45, 2.75) is 40.5 Å². The zero-order valence-corrected chi connectivity index (χ0v) is 15.7. The van der Waals surface area contributed by atoms with Gasteiger partial charge in [0.15, 0.2) is 0 Å². The molecular formula is C18H23BrO4. The van der Waals surface area contributed by atoms with Crippen LogP contribution in [0, 0.1) is 0 Å². The molecule has 0 N–H and O–H groups in total. The van der Waals surface area contributed by atoms with Crippen molar-refractivity contribution in [3.63, 3.8) is 0 Å². The smallest absolute Gasteiger partial charge is 0.345 e. The molecule has 23 heavy (non-hydrogen) atoms. The number of carbonyl (C=O) groups is 2. The van der Waals surface area contributed by atoms with Gasteiger partial charge in [-0.1, -0.05) is 35.0 Å². The first kappa shape index (κ1) is 19.4. The Hall–Kier alpha value is -1.62. The molecule has 0 saturated carbocycles. The van der Waals surface area contributed by atoms with Gasteiger partial charge in [0.25, 0.3) is 0 Å². The van der Waals surface area contributed by atoms with E-state index in [2.05, 4.69) is 22.9 Å². The topological polar surface area (TPSA) is 52.6 Å². The molecule has 1 aromatic carbocycles. The average molecular weight is 383 g/mol. The van der Waals surface area contributed by atoms with E-state index in [1.54, 1.807) is 20.8 Å². The summed E-state index contributed by atoms with van der Waals surface area (Å²) < 4.78 is 11.0. The first-order valence-corrected chi connectivity index (χ1v) is 8.55. The maximum Gasteiger partial charge on any atom is 0.345 e. The lowest BCUT2D eigenvalue weighted by Gasteiger charge is -2.11. The van der Waals surface area contributed by atoms with Crippen LogP contribution in [0.1, 0.15) is 38.8 Å². The Morgan fingerprint density at radius 3 is 2.04 bits per heavy atom. The number of aryl methyl sites for hydroxylation is 1. The number of carbonyl (C=O) groups excluding carboxylic acids is 2. The van der Waals surface area contributed by atoms with Crippen molar-refractivity contribution in [2.24, 2.45) is 0 Å². The van der Waals surface area contributed by atoms with Gasteiger partial charge in [-0.05, 0) is 56.4 Å². The van der Waals surface area contributed by atoms with Crippen LogP contribution in [0.15, 0.2) is 33.8 Å². The van der Waals surface area contributed by atoms with Crippen LogP contribution in [0.4, 0.5) is 0 Å². The predicted molar refractivity (Wildman–Crippen MR) is 93.2 cm³/mol. The minimum atomic E-state index is -0.632. The molecule has 5 heteroatoms. The molecule has 0 atom stereocenters. The fourth-order valence-corrected chi connectivity index (χ4v) is 2.93. The fourth-order valence-electron chi connectivity index (χ4n) is 2.22. The number of ether oxygens (including phenoxy) is 2. The van der Waals surface area contributed by atoms with Gasteiger partial charge >= 0.3 is 11.9 Å². The van der Waals surface area contributed by atoms with E-state index >= 15 is 0 Å². The molecule has 0 bridgehead atoms. The van der Waals surface area contributed by atoms with Crippen molar-refractivity contribution in [1.29, 1.82) is 0 Å². The van der Waals surface area contributed by atoms with Gasteiger partial charge in [-0.25, -0.2) is 9.59 Å². The maximum atomic E-state index is 12.1. The summed E-state index contributed by atoms with van der Waals surface area (Å²) in [5.74, 6) is -1.26. The third-order valence-corrected chi connectivity index (χ3v) is 4.09. The highest BCUT2D eigenvalue weighted by Crippen LogP contribution is 2.22. The second-order valence-corrected chi connectivity index (χ2v) is 5.91. The second-order valence-electron chi connectivity index (χ2n) is 5.05. The lowest BCUT2D eigenvalue weighted by atomic mass is 10.00. The molecule has 0 aliphatic rings. The largest absolute Gasteiger partial charge is 0.462 e. The molecule has 0 amide bonds. The number of hydrogen-bond acceptors (Lipinski definition) is 4. The van der Waals surface area contributed by atoms with Crippen molar-refractivity contribution in [3.05, 3.63) is 44.9 Å². The standard InChI is InChI=1S/C18H23BrO4/c1-5-14-9-8-13(11-15(14)19)10-12(4)16(17(20)22-6-2)18(21)23-7-3/h8-9,11H,5-7,10H2,1-4H3. The van der Waals surface area contributed by atoms with Crippen molar-refractivity contribution in [2.75, 3.05) is 13.2 Å². The summed E-state index contributed by atoms with van der Waals surface area (Å²) in [5.41, 5.74) is 2.85. The lowest BCUT2D eigenvalue weighted by Crippen LogP contribution is -2.20. The van der Waals surface area contributed by atoms with E-state index in [1.807, 2.05) is 18.2 Å². The number of benzene rings is 1. The number of halogens is 1. The third-order valence-electron chi connectivity index (χ3n) is 3.35. The molecule has 0 unspecified atom stereocenters. The normalized spacial score (nSPS) is 10.1. The highest BCUT2D eigenvalue weighted by Gasteiger charge is 2.24. The van der Waals surface area contributed by atoms with E-state index in [0.29, 0.717) is 12.0 Å². The third kappa shape index (κ3) is 5.50. The molecule has 0 spiro atoms. The molecule has 0 aliphatic carbocycles. The van der Waals surface area contributed by atoms with E-state index in [0.717, 1.165) is 16.5 Å². The van der Waals surface area contributed by atoms with Crippen molar-refractivity contribution >= 4 is 27.9 Å². The summed E-state index contributed by atoms with van der Waals surface area (Å²) in [7, 11) is 0. The molecule has 0 fully saturated rings. The zero-order valence-electron chi connectivity index (χ0n) is 14.1. The maximum absolute atomic E-state index is 12.1. The molecule has 0 radical (unpaired) electrons. The minimum absolute atomic E-state index is 0.00982. The summed E-state index contributed by atoms with van der Waals surface area (Å²) in [6, 6.07) is 6.05. The van der Waals surface area contributed by atoms with Crippen molar-refractivity contribution in [3.8, 4) is 0 Å². The summed E-state index contributed by atoms with van der Waals surface area (Å²) in [6.07, 6.45) is 1.42. The summed E-state index contributed by atoms with van der Waals surface area (Å²) in [4.78, 5) is 24.1. The Labute approximate surface area is 146 Å². The number of allylic oxidation sites excluding steroid dienone is 1. The fraction of sp³-hybridized carbons (Fsp3) is 0.444. The Morgan fingerprint density at radius 2 is 1.61 bits per heavy atom. The molecule has 0 heterocycles. The van der Waals surface area contributed by atoms with Gasteiger partial charge in [0, 0.05) is 4.47 Å². The summed E-state index contributed by atoms with van der Waals surface area (Å²) in [5, 5.41) is 0. The predicted octanol–water partition coefficient (Wildman–Crippen LogP) is 4.00. The van der Waals surface area contributed by atoms with Crippen molar-refractivity contribution in [1.82, 2.24) is 0 Å². The molecule has 126 valence electrons. The Bertz CT molecular complexity index is 585. The molecule has 4 nitrogen and oxygen atoms in total. The highest BCUT2D eigenvalue weighted by atomic mass is 79.9. The molecule has 0 aromatic heterocycles.